The summed E-state index contributed by atoms with van der Waals surface area (Å²) in [5.41, 5.74) is 0. The number of hydrogen-bond donors (Lipinski definition) is 0. The lowest BCUT2D eigenvalue weighted by atomic mass is 10.3. The normalized spacial score (nSPS) is 12.7. The molecule has 0 aromatic heterocycles. The Labute approximate surface area is 70.5 Å². The van der Waals surface area contributed by atoms with Crippen LogP contribution in [0.4, 0.5) is 0 Å². The summed E-state index contributed by atoms with van der Waals surface area (Å²) in [6.45, 7) is 2.06. The van der Waals surface area contributed by atoms with Gasteiger partial charge in [0.2, 0.25) is 0 Å². The Morgan fingerprint density at radius 3 is 1.82 bits per heavy atom. The van der Waals surface area contributed by atoms with Gasteiger partial charge in [-0.05, 0) is 41.5 Å². The van der Waals surface area contributed by atoms with Crippen molar-refractivity contribution in [1.29, 1.82) is 0 Å². The van der Waals surface area contributed by atoms with Crippen LogP contribution in [0.2, 0.25) is 0 Å². The molecule has 0 atom stereocenters. The van der Waals surface area contributed by atoms with Crippen molar-refractivity contribution in [1.82, 2.24) is 9.80 Å². The van der Waals surface area contributed by atoms with E-state index < -0.39 is 0 Å². The van der Waals surface area contributed by atoms with Gasteiger partial charge in [-0.3, -0.25) is 9.80 Å². The van der Waals surface area contributed by atoms with Gasteiger partial charge in [-0.15, -0.1) is 0 Å². The van der Waals surface area contributed by atoms with E-state index in [1.54, 1.807) is 0 Å². The van der Waals surface area contributed by atoms with Gasteiger partial charge in [-0.2, -0.15) is 0 Å². The first-order chi connectivity index (χ1) is 5.09. The zero-order valence-corrected chi connectivity index (χ0v) is 8.33. The highest BCUT2D eigenvalue weighted by Crippen LogP contribution is 2.02. The standard InChI is InChI=1S/C9H20N2/c1-6-7-8-9(10(2)3)11(4)5/h6-7,9H,8H2,1-5H3. The third-order valence-electron chi connectivity index (χ3n) is 1.77. The van der Waals surface area contributed by atoms with Crippen LogP contribution in [0.3, 0.4) is 0 Å². The topological polar surface area (TPSA) is 6.48 Å². The van der Waals surface area contributed by atoms with Crippen LogP contribution in [0.15, 0.2) is 12.2 Å². The first kappa shape index (κ1) is 10.7. The molecule has 0 radical (unpaired) electrons. The molecule has 0 unspecified atom stereocenters. The third-order valence-corrected chi connectivity index (χ3v) is 1.77. The fourth-order valence-electron chi connectivity index (χ4n) is 1.14. The quantitative estimate of drug-likeness (QED) is 0.448. The SMILES string of the molecule is CC=CCC(N(C)C)N(C)C. The van der Waals surface area contributed by atoms with E-state index in [1.165, 1.54) is 0 Å². The molecule has 0 aromatic rings. The lowest BCUT2D eigenvalue weighted by Gasteiger charge is -2.29. The zero-order valence-electron chi connectivity index (χ0n) is 8.33. The maximum Gasteiger partial charge on any atom is 0.0647 e. The van der Waals surface area contributed by atoms with E-state index in [0.29, 0.717) is 6.17 Å². The van der Waals surface area contributed by atoms with Crippen LogP contribution >= 0.6 is 0 Å². The molecule has 0 saturated heterocycles. The highest BCUT2D eigenvalue weighted by molar-refractivity contribution is 4.82. The molecule has 0 spiro atoms. The van der Waals surface area contributed by atoms with Gasteiger partial charge in [0.25, 0.3) is 0 Å². The van der Waals surface area contributed by atoms with Gasteiger partial charge in [0.1, 0.15) is 0 Å². The van der Waals surface area contributed by atoms with Gasteiger partial charge in [0, 0.05) is 0 Å². The number of rotatable bonds is 4. The van der Waals surface area contributed by atoms with Crippen LogP contribution in [0.25, 0.3) is 0 Å². The maximum atomic E-state index is 2.22. The Bertz CT molecular complexity index is 109. The minimum absolute atomic E-state index is 0.520. The van der Waals surface area contributed by atoms with E-state index in [9.17, 15) is 0 Å². The Kier molecular flexibility index (Phi) is 5.16. The molecule has 0 saturated carbocycles. The Hall–Kier alpha value is -0.340. The van der Waals surface area contributed by atoms with E-state index in [4.69, 9.17) is 0 Å². The number of allylic oxidation sites excluding steroid dienone is 1. The Balaban J connectivity index is 3.89. The van der Waals surface area contributed by atoms with Gasteiger partial charge in [0.15, 0.2) is 0 Å². The van der Waals surface area contributed by atoms with Crippen molar-refractivity contribution in [2.45, 2.75) is 19.5 Å². The molecular formula is C9H20N2. The predicted octanol–water partition coefficient (Wildman–Crippen LogP) is 1.40. The highest BCUT2D eigenvalue weighted by atomic mass is 15.3. The molecule has 0 amide bonds. The zero-order chi connectivity index (χ0) is 8.85. The van der Waals surface area contributed by atoms with Gasteiger partial charge in [0.05, 0.1) is 6.17 Å². The second-order valence-corrected chi connectivity index (χ2v) is 3.21. The van der Waals surface area contributed by atoms with Gasteiger partial charge in [-0.25, -0.2) is 0 Å². The van der Waals surface area contributed by atoms with Crippen molar-refractivity contribution in [3.8, 4) is 0 Å². The van der Waals surface area contributed by atoms with Crippen molar-refractivity contribution < 1.29 is 0 Å². The lowest BCUT2D eigenvalue weighted by Crippen LogP contribution is -2.39. The molecule has 0 aliphatic rings. The summed E-state index contributed by atoms with van der Waals surface area (Å²) < 4.78 is 0. The number of nitrogens with zero attached hydrogens (tertiary/aromatic N) is 2. The summed E-state index contributed by atoms with van der Waals surface area (Å²) >= 11 is 0. The van der Waals surface area contributed by atoms with Crippen LogP contribution in [-0.2, 0) is 0 Å². The van der Waals surface area contributed by atoms with E-state index in [-0.39, 0.29) is 0 Å². The molecule has 0 rings (SSSR count). The predicted molar refractivity (Wildman–Crippen MR) is 50.6 cm³/mol. The first-order valence-corrected chi connectivity index (χ1v) is 4.03. The fraction of sp³-hybridized carbons (Fsp3) is 0.778. The summed E-state index contributed by atoms with van der Waals surface area (Å²) in [6, 6.07) is 0. The van der Waals surface area contributed by atoms with Gasteiger partial charge >= 0.3 is 0 Å². The maximum absolute atomic E-state index is 2.22. The van der Waals surface area contributed by atoms with E-state index >= 15 is 0 Å². The van der Waals surface area contributed by atoms with Crippen molar-refractivity contribution >= 4 is 0 Å². The average Bonchev–Trinajstić information content (AvgIpc) is 1.87. The molecule has 0 heterocycles. The minimum Gasteiger partial charge on any atom is -0.294 e. The van der Waals surface area contributed by atoms with Crippen molar-refractivity contribution in [2.24, 2.45) is 0 Å². The minimum atomic E-state index is 0.520. The van der Waals surface area contributed by atoms with E-state index in [0.717, 1.165) is 6.42 Å². The Morgan fingerprint density at radius 2 is 1.55 bits per heavy atom. The second-order valence-electron chi connectivity index (χ2n) is 3.21. The summed E-state index contributed by atoms with van der Waals surface area (Å²) in [5, 5.41) is 0. The molecule has 2 nitrogen and oxygen atoms in total. The van der Waals surface area contributed by atoms with Gasteiger partial charge < -0.3 is 0 Å². The first-order valence-electron chi connectivity index (χ1n) is 4.03. The molecule has 0 aliphatic carbocycles. The second kappa shape index (κ2) is 5.33. The van der Waals surface area contributed by atoms with Crippen LogP contribution < -0.4 is 0 Å². The van der Waals surface area contributed by atoms with Crippen LogP contribution in [0.1, 0.15) is 13.3 Å². The van der Waals surface area contributed by atoms with E-state index in [1.807, 2.05) is 0 Å². The smallest absolute Gasteiger partial charge is 0.0647 e. The molecule has 2 heteroatoms. The molecular weight excluding hydrogens is 136 g/mol. The highest BCUT2D eigenvalue weighted by Gasteiger charge is 2.10. The largest absolute Gasteiger partial charge is 0.294 e. The summed E-state index contributed by atoms with van der Waals surface area (Å²) in [5.74, 6) is 0. The fourth-order valence-corrected chi connectivity index (χ4v) is 1.14. The summed E-state index contributed by atoms with van der Waals surface area (Å²) in [4.78, 5) is 4.44. The molecule has 0 N–H and O–H groups in total. The average molecular weight is 156 g/mol. The van der Waals surface area contributed by atoms with Crippen LogP contribution in [0.5, 0.6) is 0 Å². The summed E-state index contributed by atoms with van der Waals surface area (Å²) in [6.07, 6.45) is 5.91. The lowest BCUT2D eigenvalue weighted by molar-refractivity contribution is 0.132. The molecule has 0 fully saturated rings. The van der Waals surface area contributed by atoms with Crippen molar-refractivity contribution in [3.05, 3.63) is 12.2 Å². The van der Waals surface area contributed by atoms with E-state index in [2.05, 4.69) is 57.1 Å². The molecule has 0 aliphatic heterocycles. The number of hydrogen-bond acceptors (Lipinski definition) is 2. The molecule has 11 heavy (non-hydrogen) atoms. The van der Waals surface area contributed by atoms with Crippen LogP contribution in [-0.4, -0.2) is 44.2 Å². The monoisotopic (exact) mass is 156 g/mol. The van der Waals surface area contributed by atoms with Crippen LogP contribution in [0, 0.1) is 0 Å². The van der Waals surface area contributed by atoms with Crippen molar-refractivity contribution in [3.63, 3.8) is 0 Å². The molecule has 0 bridgehead atoms. The summed E-state index contributed by atoms with van der Waals surface area (Å²) in [7, 11) is 8.42. The molecule has 66 valence electrons. The Morgan fingerprint density at radius 1 is 1.09 bits per heavy atom. The molecule has 0 aromatic carbocycles. The van der Waals surface area contributed by atoms with Crippen molar-refractivity contribution in [2.75, 3.05) is 28.2 Å². The third kappa shape index (κ3) is 4.17. The van der Waals surface area contributed by atoms with Gasteiger partial charge in [-0.1, -0.05) is 12.2 Å².